The number of pyridine rings is 1. The maximum Gasteiger partial charge on any atom is 0.191 e. The van der Waals surface area contributed by atoms with Crippen molar-refractivity contribution in [1.82, 2.24) is 15.6 Å². The summed E-state index contributed by atoms with van der Waals surface area (Å²) < 4.78 is 0. The lowest BCUT2D eigenvalue weighted by atomic mass is 10.3. The van der Waals surface area contributed by atoms with E-state index < -0.39 is 0 Å². The molecule has 0 radical (unpaired) electrons. The highest BCUT2D eigenvalue weighted by molar-refractivity contribution is 14.0. The molecule has 2 aromatic rings. The van der Waals surface area contributed by atoms with Crippen LogP contribution in [-0.2, 0) is 19.5 Å². The number of hydrogen-bond donors (Lipinski definition) is 2. The van der Waals surface area contributed by atoms with Crippen LogP contribution < -0.4 is 15.5 Å². The Bertz CT molecular complexity index is 692. The Balaban J connectivity index is 0.00000243. The molecule has 0 bridgehead atoms. The van der Waals surface area contributed by atoms with Crippen LogP contribution >= 0.6 is 35.3 Å². The number of guanidine groups is 1. The Morgan fingerprint density at radius 2 is 1.85 bits per heavy atom. The van der Waals surface area contributed by atoms with Crippen LogP contribution in [0.1, 0.15) is 35.1 Å². The molecule has 3 heterocycles. The number of rotatable bonds is 6. The molecule has 0 saturated carbocycles. The molecule has 0 atom stereocenters. The van der Waals surface area contributed by atoms with Crippen molar-refractivity contribution in [3.8, 4) is 0 Å². The molecule has 142 valence electrons. The standard InChI is InChI=1S/C19H27N5S.HI/c1-3-16-7-8-17(25-16)14-23-19(20-2)22-13-15-6-9-18(21-12-15)24-10-4-5-11-24;/h6-9,12H,3-5,10-11,13-14H2,1-2H3,(H2,20,22,23);1H. The Labute approximate surface area is 177 Å². The van der Waals surface area contributed by atoms with Crippen LogP contribution in [0.15, 0.2) is 35.5 Å². The maximum atomic E-state index is 4.60. The van der Waals surface area contributed by atoms with Gasteiger partial charge in [0, 0.05) is 42.6 Å². The third-order valence-electron chi connectivity index (χ3n) is 4.42. The van der Waals surface area contributed by atoms with Crippen molar-refractivity contribution < 1.29 is 0 Å². The molecule has 1 fully saturated rings. The van der Waals surface area contributed by atoms with Crippen LogP contribution in [0.3, 0.4) is 0 Å². The van der Waals surface area contributed by atoms with Gasteiger partial charge in [-0.15, -0.1) is 35.3 Å². The van der Waals surface area contributed by atoms with Crippen LogP contribution in [0.4, 0.5) is 5.82 Å². The van der Waals surface area contributed by atoms with Gasteiger partial charge < -0.3 is 15.5 Å². The number of hydrogen-bond acceptors (Lipinski definition) is 4. The maximum absolute atomic E-state index is 4.60. The molecule has 2 aromatic heterocycles. The van der Waals surface area contributed by atoms with Gasteiger partial charge in [-0.25, -0.2) is 4.98 Å². The van der Waals surface area contributed by atoms with Crippen LogP contribution in [0.5, 0.6) is 0 Å². The van der Waals surface area contributed by atoms with E-state index in [0.29, 0.717) is 0 Å². The summed E-state index contributed by atoms with van der Waals surface area (Å²) in [5.74, 6) is 1.91. The fraction of sp³-hybridized carbons (Fsp3) is 0.474. The first kappa shape index (κ1) is 21.0. The van der Waals surface area contributed by atoms with Gasteiger partial charge in [0.2, 0.25) is 0 Å². The smallest absolute Gasteiger partial charge is 0.191 e. The molecule has 2 N–H and O–H groups in total. The fourth-order valence-electron chi connectivity index (χ4n) is 2.94. The number of thiophene rings is 1. The third kappa shape index (κ3) is 5.84. The molecule has 26 heavy (non-hydrogen) atoms. The van der Waals surface area contributed by atoms with E-state index in [1.54, 1.807) is 7.05 Å². The van der Waals surface area contributed by atoms with Gasteiger partial charge in [-0.3, -0.25) is 4.99 Å². The summed E-state index contributed by atoms with van der Waals surface area (Å²) in [6.07, 6.45) is 5.60. The molecule has 1 saturated heterocycles. The lowest BCUT2D eigenvalue weighted by molar-refractivity contribution is 0.811. The Morgan fingerprint density at radius 1 is 1.12 bits per heavy atom. The summed E-state index contributed by atoms with van der Waals surface area (Å²) in [5, 5.41) is 6.73. The van der Waals surface area contributed by atoms with E-state index in [1.807, 2.05) is 17.5 Å². The predicted molar refractivity (Wildman–Crippen MR) is 122 cm³/mol. The monoisotopic (exact) mass is 485 g/mol. The summed E-state index contributed by atoms with van der Waals surface area (Å²) in [5.41, 5.74) is 1.16. The number of nitrogens with zero attached hydrogens (tertiary/aromatic N) is 3. The van der Waals surface area contributed by atoms with Crippen molar-refractivity contribution in [2.75, 3.05) is 25.0 Å². The summed E-state index contributed by atoms with van der Waals surface area (Å²) in [4.78, 5) is 14.0. The zero-order valence-corrected chi connectivity index (χ0v) is 18.6. The third-order valence-corrected chi connectivity index (χ3v) is 5.65. The molecular weight excluding hydrogens is 457 g/mol. The van der Waals surface area contributed by atoms with Gasteiger partial charge in [0.25, 0.3) is 0 Å². The summed E-state index contributed by atoms with van der Waals surface area (Å²) in [7, 11) is 1.80. The van der Waals surface area contributed by atoms with Crippen molar-refractivity contribution in [3.05, 3.63) is 45.8 Å². The highest BCUT2D eigenvalue weighted by Gasteiger charge is 2.12. The first-order valence-electron chi connectivity index (χ1n) is 9.00. The summed E-state index contributed by atoms with van der Waals surface area (Å²) >= 11 is 1.85. The van der Waals surface area contributed by atoms with Crippen LogP contribution in [0.2, 0.25) is 0 Å². The minimum absolute atomic E-state index is 0. The van der Waals surface area contributed by atoms with Crippen LogP contribution in [0, 0.1) is 0 Å². The first-order valence-corrected chi connectivity index (χ1v) is 9.82. The van der Waals surface area contributed by atoms with Crippen molar-refractivity contribution in [1.29, 1.82) is 0 Å². The predicted octanol–water partition coefficient (Wildman–Crippen LogP) is 3.79. The van der Waals surface area contributed by atoms with Gasteiger partial charge >= 0.3 is 0 Å². The second-order valence-electron chi connectivity index (χ2n) is 6.22. The number of nitrogens with one attached hydrogen (secondary N) is 2. The largest absolute Gasteiger partial charge is 0.357 e. The highest BCUT2D eigenvalue weighted by Crippen LogP contribution is 2.18. The first-order chi connectivity index (χ1) is 12.3. The van der Waals surface area contributed by atoms with Crippen molar-refractivity contribution in [2.24, 2.45) is 4.99 Å². The van der Waals surface area contributed by atoms with E-state index in [-0.39, 0.29) is 24.0 Å². The minimum Gasteiger partial charge on any atom is -0.357 e. The van der Waals surface area contributed by atoms with Crippen LogP contribution in [0.25, 0.3) is 0 Å². The van der Waals surface area contributed by atoms with Gasteiger partial charge in [0.1, 0.15) is 5.82 Å². The average Bonchev–Trinajstić information content (AvgIpc) is 3.34. The molecule has 0 aromatic carbocycles. The number of aryl methyl sites for hydroxylation is 1. The molecule has 3 rings (SSSR count). The zero-order chi connectivity index (χ0) is 17.5. The molecule has 5 nitrogen and oxygen atoms in total. The second kappa shape index (κ2) is 10.7. The minimum atomic E-state index is 0. The number of halogens is 1. The van der Waals surface area contributed by atoms with E-state index in [2.05, 4.69) is 56.7 Å². The van der Waals surface area contributed by atoms with E-state index in [4.69, 9.17) is 0 Å². The molecule has 0 spiro atoms. The quantitative estimate of drug-likeness (QED) is 0.372. The Hall–Kier alpha value is -1.35. The molecule has 7 heteroatoms. The van der Waals surface area contributed by atoms with Gasteiger partial charge in [-0.2, -0.15) is 0 Å². The van der Waals surface area contributed by atoms with Crippen molar-refractivity contribution >= 4 is 47.1 Å². The SMILES string of the molecule is CCc1ccc(CNC(=NC)NCc2ccc(N3CCCC3)nc2)s1.I. The molecular formula is C19H28IN5S. The Morgan fingerprint density at radius 3 is 2.46 bits per heavy atom. The summed E-state index contributed by atoms with van der Waals surface area (Å²) in [6, 6.07) is 8.65. The average molecular weight is 485 g/mol. The zero-order valence-electron chi connectivity index (χ0n) is 15.5. The van der Waals surface area contributed by atoms with Gasteiger partial charge in [0.05, 0.1) is 6.54 Å². The molecule has 1 aliphatic heterocycles. The van der Waals surface area contributed by atoms with Crippen LogP contribution in [-0.4, -0.2) is 31.1 Å². The topological polar surface area (TPSA) is 52.6 Å². The summed E-state index contributed by atoms with van der Waals surface area (Å²) in [6.45, 7) is 5.97. The van der Waals surface area contributed by atoms with Gasteiger partial charge in [-0.05, 0) is 43.0 Å². The van der Waals surface area contributed by atoms with Crippen molar-refractivity contribution in [2.45, 2.75) is 39.3 Å². The number of aromatic nitrogens is 1. The van der Waals surface area contributed by atoms with E-state index in [0.717, 1.165) is 49.9 Å². The molecule has 0 aliphatic carbocycles. The highest BCUT2D eigenvalue weighted by atomic mass is 127. The van der Waals surface area contributed by atoms with E-state index >= 15 is 0 Å². The van der Waals surface area contributed by atoms with Gasteiger partial charge in [-0.1, -0.05) is 13.0 Å². The van der Waals surface area contributed by atoms with Crippen molar-refractivity contribution in [3.63, 3.8) is 0 Å². The second-order valence-corrected chi connectivity index (χ2v) is 7.47. The van der Waals surface area contributed by atoms with E-state index in [1.165, 1.54) is 22.6 Å². The molecule has 0 amide bonds. The fourth-order valence-corrected chi connectivity index (χ4v) is 3.84. The normalized spacial score (nSPS) is 14.2. The number of aliphatic imine (C=N–C) groups is 1. The number of anilines is 1. The van der Waals surface area contributed by atoms with E-state index in [9.17, 15) is 0 Å². The molecule has 0 unspecified atom stereocenters. The lowest BCUT2D eigenvalue weighted by Gasteiger charge is -2.16. The Kier molecular flexibility index (Phi) is 8.64. The molecule has 1 aliphatic rings. The lowest BCUT2D eigenvalue weighted by Crippen LogP contribution is -2.36. The van der Waals surface area contributed by atoms with Gasteiger partial charge in [0.15, 0.2) is 5.96 Å².